The van der Waals surface area contributed by atoms with E-state index in [9.17, 15) is 9.59 Å². The molecule has 0 unspecified atom stereocenters. The number of piperazine rings is 1. The van der Waals surface area contributed by atoms with Crippen molar-refractivity contribution in [3.05, 3.63) is 52.9 Å². The number of carbonyl (C=O) groups is 2. The van der Waals surface area contributed by atoms with Crippen LogP contribution in [0.25, 0.3) is 0 Å². The Bertz CT molecular complexity index is 768. The van der Waals surface area contributed by atoms with Crippen molar-refractivity contribution in [1.82, 2.24) is 9.80 Å². The predicted octanol–water partition coefficient (Wildman–Crippen LogP) is 3.03. The first-order chi connectivity index (χ1) is 12.5. The van der Waals surface area contributed by atoms with Crippen molar-refractivity contribution < 1.29 is 14.0 Å². The normalized spacial score (nSPS) is 15.1. The number of nitrogens with one attached hydrogen (secondary N) is 1. The summed E-state index contributed by atoms with van der Waals surface area (Å²) in [5.41, 5.74) is 1.73. The first-order valence-electron chi connectivity index (χ1n) is 8.64. The van der Waals surface area contributed by atoms with Crippen LogP contribution in [0.3, 0.4) is 0 Å². The minimum Gasteiger partial charge on any atom is -0.459 e. The molecule has 2 aromatic rings. The molecule has 1 aromatic carbocycles. The summed E-state index contributed by atoms with van der Waals surface area (Å²) in [6, 6.07) is 8.83. The van der Waals surface area contributed by atoms with E-state index in [4.69, 9.17) is 16.0 Å². The Labute approximate surface area is 157 Å². The molecule has 0 atom stereocenters. The SMILES string of the molecule is Cc1ccc(Cl)cc1NC(=O)CCN1CCN(C(=O)c2ccco2)CC1. The number of hydrogen-bond acceptors (Lipinski definition) is 4. The minimum atomic E-state index is -0.0798. The largest absolute Gasteiger partial charge is 0.459 e. The molecule has 138 valence electrons. The Morgan fingerprint density at radius 2 is 1.96 bits per heavy atom. The number of anilines is 1. The van der Waals surface area contributed by atoms with E-state index >= 15 is 0 Å². The molecule has 7 heteroatoms. The van der Waals surface area contributed by atoms with Gasteiger partial charge < -0.3 is 14.6 Å². The molecule has 0 radical (unpaired) electrons. The molecule has 6 nitrogen and oxygen atoms in total. The van der Waals surface area contributed by atoms with Gasteiger partial charge >= 0.3 is 0 Å². The van der Waals surface area contributed by atoms with E-state index in [2.05, 4.69) is 10.2 Å². The van der Waals surface area contributed by atoms with Crippen molar-refractivity contribution in [3.8, 4) is 0 Å². The molecule has 1 aliphatic heterocycles. The molecule has 1 N–H and O–H groups in total. The quantitative estimate of drug-likeness (QED) is 0.872. The van der Waals surface area contributed by atoms with E-state index in [1.165, 1.54) is 6.26 Å². The lowest BCUT2D eigenvalue weighted by Gasteiger charge is -2.34. The summed E-state index contributed by atoms with van der Waals surface area (Å²) in [5.74, 6) is 0.253. The summed E-state index contributed by atoms with van der Waals surface area (Å²) in [4.78, 5) is 28.4. The highest BCUT2D eigenvalue weighted by Crippen LogP contribution is 2.20. The Morgan fingerprint density at radius 1 is 1.19 bits per heavy atom. The van der Waals surface area contributed by atoms with Gasteiger partial charge in [-0.25, -0.2) is 0 Å². The highest BCUT2D eigenvalue weighted by Gasteiger charge is 2.23. The second kappa shape index (κ2) is 8.38. The molecule has 0 saturated carbocycles. The van der Waals surface area contributed by atoms with Crippen LogP contribution >= 0.6 is 11.6 Å². The second-order valence-electron chi connectivity index (χ2n) is 6.37. The van der Waals surface area contributed by atoms with Crippen molar-refractivity contribution in [3.63, 3.8) is 0 Å². The number of halogens is 1. The van der Waals surface area contributed by atoms with Gasteiger partial charge in [-0.1, -0.05) is 17.7 Å². The lowest BCUT2D eigenvalue weighted by atomic mass is 10.2. The maximum absolute atomic E-state index is 12.2. The van der Waals surface area contributed by atoms with Crippen LogP contribution in [-0.4, -0.2) is 54.3 Å². The van der Waals surface area contributed by atoms with Crippen LogP contribution in [0.2, 0.25) is 5.02 Å². The molecule has 2 heterocycles. The fraction of sp³-hybridized carbons (Fsp3) is 0.368. The van der Waals surface area contributed by atoms with E-state index in [1.54, 1.807) is 29.2 Å². The van der Waals surface area contributed by atoms with Gasteiger partial charge in [0.15, 0.2) is 5.76 Å². The number of hydrogen-bond donors (Lipinski definition) is 1. The van der Waals surface area contributed by atoms with Crippen molar-refractivity contribution in [1.29, 1.82) is 0 Å². The molecule has 1 saturated heterocycles. The lowest BCUT2D eigenvalue weighted by Crippen LogP contribution is -2.49. The Hall–Kier alpha value is -2.31. The van der Waals surface area contributed by atoms with Crippen molar-refractivity contribution in [2.45, 2.75) is 13.3 Å². The predicted molar refractivity (Wildman–Crippen MR) is 100 cm³/mol. The second-order valence-corrected chi connectivity index (χ2v) is 6.80. The summed E-state index contributed by atoms with van der Waals surface area (Å²) in [6.07, 6.45) is 1.90. The number of aryl methyl sites for hydroxylation is 1. The van der Waals surface area contributed by atoms with Gasteiger partial charge in [-0.2, -0.15) is 0 Å². The van der Waals surface area contributed by atoms with E-state index < -0.39 is 0 Å². The van der Waals surface area contributed by atoms with Gasteiger partial charge in [-0.15, -0.1) is 0 Å². The molecular formula is C19H22ClN3O3. The third-order valence-electron chi connectivity index (χ3n) is 4.52. The molecule has 0 bridgehead atoms. The van der Waals surface area contributed by atoms with Crippen LogP contribution in [0.4, 0.5) is 5.69 Å². The number of carbonyl (C=O) groups excluding carboxylic acids is 2. The lowest BCUT2D eigenvalue weighted by molar-refractivity contribution is -0.116. The van der Waals surface area contributed by atoms with Crippen molar-refractivity contribution >= 4 is 29.1 Å². The third kappa shape index (κ3) is 4.65. The van der Waals surface area contributed by atoms with Gasteiger partial charge in [-0.05, 0) is 36.8 Å². The summed E-state index contributed by atoms with van der Waals surface area (Å²) >= 11 is 5.98. The molecule has 3 rings (SSSR count). The molecule has 26 heavy (non-hydrogen) atoms. The maximum atomic E-state index is 12.2. The van der Waals surface area contributed by atoms with Crippen molar-refractivity contribution in [2.75, 3.05) is 38.0 Å². The fourth-order valence-corrected chi connectivity index (χ4v) is 3.10. The average molecular weight is 376 g/mol. The zero-order valence-corrected chi connectivity index (χ0v) is 15.5. The van der Waals surface area contributed by atoms with Crippen molar-refractivity contribution in [2.24, 2.45) is 0 Å². The first-order valence-corrected chi connectivity index (χ1v) is 9.02. The van der Waals surface area contributed by atoms with Gasteiger partial charge in [0.1, 0.15) is 0 Å². The Balaban J connectivity index is 1.43. The monoisotopic (exact) mass is 375 g/mol. The van der Waals surface area contributed by atoms with Crippen LogP contribution in [0.1, 0.15) is 22.5 Å². The summed E-state index contributed by atoms with van der Waals surface area (Å²) in [5, 5.41) is 3.51. The zero-order valence-electron chi connectivity index (χ0n) is 14.7. The maximum Gasteiger partial charge on any atom is 0.289 e. The van der Waals surface area contributed by atoms with Crippen LogP contribution in [0, 0.1) is 6.92 Å². The molecular weight excluding hydrogens is 354 g/mol. The molecule has 1 aromatic heterocycles. The van der Waals surface area contributed by atoms with E-state index in [-0.39, 0.29) is 11.8 Å². The van der Waals surface area contributed by atoms with E-state index in [0.717, 1.165) is 24.3 Å². The third-order valence-corrected chi connectivity index (χ3v) is 4.76. The average Bonchev–Trinajstić information content (AvgIpc) is 3.17. The number of nitrogens with zero attached hydrogens (tertiary/aromatic N) is 2. The molecule has 1 fully saturated rings. The van der Waals surface area contributed by atoms with Gasteiger partial charge in [-0.3, -0.25) is 14.5 Å². The number of furan rings is 1. The molecule has 2 amide bonds. The Morgan fingerprint density at radius 3 is 2.65 bits per heavy atom. The van der Waals surface area contributed by atoms with Crippen LogP contribution < -0.4 is 5.32 Å². The van der Waals surface area contributed by atoms with Crippen LogP contribution in [0.5, 0.6) is 0 Å². The summed E-state index contributed by atoms with van der Waals surface area (Å²) < 4.78 is 5.16. The number of rotatable bonds is 5. The van der Waals surface area contributed by atoms with Crippen LogP contribution in [0.15, 0.2) is 41.0 Å². The summed E-state index contributed by atoms with van der Waals surface area (Å²) in [6.45, 7) is 5.35. The zero-order chi connectivity index (χ0) is 18.5. The summed E-state index contributed by atoms with van der Waals surface area (Å²) in [7, 11) is 0. The van der Waals surface area contributed by atoms with Gasteiger partial charge in [0, 0.05) is 49.9 Å². The minimum absolute atomic E-state index is 0.0375. The number of benzene rings is 1. The topological polar surface area (TPSA) is 65.8 Å². The molecule has 1 aliphatic rings. The highest BCUT2D eigenvalue weighted by molar-refractivity contribution is 6.31. The van der Waals surface area contributed by atoms with E-state index in [0.29, 0.717) is 36.8 Å². The number of amides is 2. The fourth-order valence-electron chi connectivity index (χ4n) is 2.93. The van der Waals surface area contributed by atoms with Crippen LogP contribution in [-0.2, 0) is 4.79 Å². The van der Waals surface area contributed by atoms with Gasteiger partial charge in [0.05, 0.1) is 6.26 Å². The Kier molecular flexibility index (Phi) is 5.96. The molecule has 0 aliphatic carbocycles. The smallest absolute Gasteiger partial charge is 0.289 e. The highest BCUT2D eigenvalue weighted by atomic mass is 35.5. The standard InChI is InChI=1S/C19H22ClN3O3/c1-14-4-5-15(20)13-16(14)21-18(24)6-7-22-8-10-23(11-9-22)19(25)17-3-2-12-26-17/h2-5,12-13H,6-11H2,1H3,(H,21,24). The van der Waals surface area contributed by atoms with E-state index in [1.807, 2.05) is 13.0 Å². The van der Waals surface area contributed by atoms with Gasteiger partial charge in [0.25, 0.3) is 5.91 Å². The van der Waals surface area contributed by atoms with Gasteiger partial charge in [0.2, 0.25) is 5.91 Å². The molecule has 0 spiro atoms. The first kappa shape index (κ1) is 18.5.